The number of nitrogens with one attached hydrogen (secondary N) is 1. The van der Waals surface area contributed by atoms with Gasteiger partial charge in [-0.05, 0) is 61.9 Å². The second kappa shape index (κ2) is 17.6. The van der Waals surface area contributed by atoms with Gasteiger partial charge in [-0.1, -0.05) is 74.6 Å². The minimum Gasteiger partial charge on any atom is -0.494 e. The van der Waals surface area contributed by atoms with Crippen LogP contribution in [0.5, 0.6) is 5.75 Å². The molecule has 0 aliphatic heterocycles. The molecule has 0 fully saturated rings. The third-order valence-corrected chi connectivity index (χ3v) is 5.88. The number of alkyl halides is 3. The van der Waals surface area contributed by atoms with Gasteiger partial charge in [0.1, 0.15) is 5.75 Å². The molecule has 0 heterocycles. The summed E-state index contributed by atoms with van der Waals surface area (Å²) in [5, 5.41) is 2.97. The number of unbranched alkanes of at least 4 members (excludes halogenated alkanes) is 6. The molecule has 2 aromatic carbocycles. The molecule has 0 saturated heterocycles. The first-order chi connectivity index (χ1) is 17.8. The summed E-state index contributed by atoms with van der Waals surface area (Å²) < 4.78 is 45.8. The standard InChI is InChI=1S/C29H38F3NO4/c30-29(31,32)28(35)37-27(34)19-21-33-20-12-17-25-16-11-18-26(23-25)36-22-10-5-3-1-2-4-7-13-24-14-8-6-9-15-24/h6,8-9,11,14-16,18,23,33H,1-5,7,10,12-13,17,19-22H2. The fourth-order valence-corrected chi connectivity index (χ4v) is 3.89. The van der Waals surface area contributed by atoms with Crippen molar-refractivity contribution in [3.63, 3.8) is 0 Å². The third-order valence-electron chi connectivity index (χ3n) is 5.88. The highest BCUT2D eigenvalue weighted by Crippen LogP contribution is 2.17. The summed E-state index contributed by atoms with van der Waals surface area (Å²) in [6.07, 6.45) is 5.80. The molecule has 0 aliphatic rings. The summed E-state index contributed by atoms with van der Waals surface area (Å²) in [6.45, 7) is 1.42. The zero-order valence-electron chi connectivity index (χ0n) is 21.4. The molecule has 0 amide bonds. The molecule has 2 rings (SSSR count). The average Bonchev–Trinajstić information content (AvgIpc) is 2.87. The Kier molecular flexibility index (Phi) is 14.4. The lowest BCUT2D eigenvalue weighted by molar-refractivity contribution is -0.201. The summed E-state index contributed by atoms with van der Waals surface area (Å²) in [5.41, 5.74) is 2.55. The molecule has 2 aromatic rings. The van der Waals surface area contributed by atoms with Crippen LogP contribution in [0.25, 0.3) is 0 Å². The van der Waals surface area contributed by atoms with Gasteiger partial charge in [0.2, 0.25) is 0 Å². The van der Waals surface area contributed by atoms with E-state index in [-0.39, 0.29) is 13.0 Å². The van der Waals surface area contributed by atoms with E-state index in [0.717, 1.165) is 37.0 Å². The maximum Gasteiger partial charge on any atom is 0.491 e. The van der Waals surface area contributed by atoms with Crippen LogP contribution in [0.3, 0.4) is 0 Å². The number of hydrogen-bond donors (Lipinski definition) is 1. The number of carbonyl (C=O) groups excluding carboxylic acids is 2. The first-order valence-electron chi connectivity index (χ1n) is 13.1. The number of carbonyl (C=O) groups is 2. The lowest BCUT2D eigenvalue weighted by atomic mass is 10.0. The Hall–Kier alpha value is -2.87. The topological polar surface area (TPSA) is 64.6 Å². The molecule has 0 unspecified atom stereocenters. The number of ether oxygens (including phenoxy) is 2. The van der Waals surface area contributed by atoms with Crippen molar-refractivity contribution in [3.05, 3.63) is 65.7 Å². The Balaban J connectivity index is 1.45. The van der Waals surface area contributed by atoms with Gasteiger partial charge in [-0.15, -0.1) is 0 Å². The molecule has 0 bridgehead atoms. The largest absolute Gasteiger partial charge is 0.494 e. The van der Waals surface area contributed by atoms with Crippen LogP contribution >= 0.6 is 0 Å². The second-order valence-corrected chi connectivity index (χ2v) is 9.07. The molecule has 0 atom stereocenters. The Bertz CT molecular complexity index is 919. The monoisotopic (exact) mass is 521 g/mol. The van der Waals surface area contributed by atoms with E-state index in [1.165, 1.54) is 44.1 Å². The van der Waals surface area contributed by atoms with Crippen LogP contribution in [0.1, 0.15) is 68.9 Å². The number of halogens is 3. The van der Waals surface area contributed by atoms with Gasteiger partial charge in [0.05, 0.1) is 13.0 Å². The van der Waals surface area contributed by atoms with Crippen molar-refractivity contribution in [3.8, 4) is 5.75 Å². The van der Waals surface area contributed by atoms with Crippen LogP contribution in [0.2, 0.25) is 0 Å². The summed E-state index contributed by atoms with van der Waals surface area (Å²) in [6, 6.07) is 18.6. The molecule has 8 heteroatoms. The Morgan fingerprint density at radius 1 is 0.730 bits per heavy atom. The van der Waals surface area contributed by atoms with E-state index in [1.807, 2.05) is 24.3 Å². The number of aryl methyl sites for hydroxylation is 2. The zero-order valence-corrected chi connectivity index (χ0v) is 21.4. The van der Waals surface area contributed by atoms with E-state index in [9.17, 15) is 22.8 Å². The molecule has 0 spiro atoms. The smallest absolute Gasteiger partial charge is 0.491 e. The van der Waals surface area contributed by atoms with Crippen molar-refractivity contribution in [1.29, 1.82) is 0 Å². The van der Waals surface area contributed by atoms with E-state index in [4.69, 9.17) is 4.74 Å². The SMILES string of the molecule is O=C(CCNCCCc1cccc(OCCCCCCCCCc2ccccc2)c1)OC(=O)C(F)(F)F. The highest BCUT2D eigenvalue weighted by molar-refractivity contribution is 5.88. The van der Waals surface area contributed by atoms with Crippen molar-refractivity contribution in [1.82, 2.24) is 5.32 Å². The van der Waals surface area contributed by atoms with Gasteiger partial charge in [-0.2, -0.15) is 13.2 Å². The predicted molar refractivity (Wildman–Crippen MR) is 137 cm³/mol. The van der Waals surface area contributed by atoms with Crippen LogP contribution in [-0.2, 0) is 27.2 Å². The van der Waals surface area contributed by atoms with Crippen molar-refractivity contribution in [2.45, 2.75) is 76.8 Å². The normalized spacial score (nSPS) is 11.3. The molecule has 0 aliphatic carbocycles. The van der Waals surface area contributed by atoms with E-state index < -0.39 is 18.1 Å². The van der Waals surface area contributed by atoms with Crippen molar-refractivity contribution in [2.24, 2.45) is 0 Å². The molecule has 1 N–H and O–H groups in total. The first kappa shape index (κ1) is 30.4. The van der Waals surface area contributed by atoms with Gasteiger partial charge in [0.25, 0.3) is 0 Å². The lowest BCUT2D eigenvalue weighted by Crippen LogP contribution is -2.29. The van der Waals surface area contributed by atoms with Gasteiger partial charge in [0, 0.05) is 6.54 Å². The van der Waals surface area contributed by atoms with Crippen LogP contribution in [-0.4, -0.2) is 37.8 Å². The predicted octanol–water partition coefficient (Wildman–Crippen LogP) is 6.58. The van der Waals surface area contributed by atoms with E-state index in [1.54, 1.807) is 0 Å². The van der Waals surface area contributed by atoms with Gasteiger partial charge in [-0.25, -0.2) is 4.79 Å². The van der Waals surface area contributed by atoms with Crippen molar-refractivity contribution >= 4 is 11.9 Å². The van der Waals surface area contributed by atoms with E-state index >= 15 is 0 Å². The number of esters is 2. The maximum atomic E-state index is 12.0. The first-order valence-corrected chi connectivity index (χ1v) is 13.1. The highest BCUT2D eigenvalue weighted by atomic mass is 19.4. The molecule has 0 aromatic heterocycles. The van der Waals surface area contributed by atoms with Gasteiger partial charge in [0.15, 0.2) is 0 Å². The fraction of sp³-hybridized carbons (Fsp3) is 0.517. The summed E-state index contributed by atoms with van der Waals surface area (Å²) in [5.74, 6) is -2.83. The summed E-state index contributed by atoms with van der Waals surface area (Å²) in [4.78, 5) is 21.8. The molecular weight excluding hydrogens is 483 g/mol. The summed E-state index contributed by atoms with van der Waals surface area (Å²) >= 11 is 0. The molecule has 37 heavy (non-hydrogen) atoms. The number of hydrogen-bond acceptors (Lipinski definition) is 5. The van der Waals surface area contributed by atoms with Crippen molar-refractivity contribution in [2.75, 3.05) is 19.7 Å². The fourth-order valence-electron chi connectivity index (χ4n) is 3.89. The summed E-state index contributed by atoms with van der Waals surface area (Å²) in [7, 11) is 0. The molecule has 0 radical (unpaired) electrons. The number of benzene rings is 2. The molecule has 0 saturated carbocycles. The lowest BCUT2D eigenvalue weighted by Gasteiger charge is -2.09. The van der Waals surface area contributed by atoms with Gasteiger partial charge < -0.3 is 14.8 Å². The second-order valence-electron chi connectivity index (χ2n) is 9.07. The van der Waals surface area contributed by atoms with E-state index in [2.05, 4.69) is 40.4 Å². The Morgan fingerprint density at radius 3 is 2.11 bits per heavy atom. The Labute approximate surface area is 217 Å². The highest BCUT2D eigenvalue weighted by Gasteiger charge is 2.42. The minimum atomic E-state index is -5.16. The van der Waals surface area contributed by atoms with Crippen molar-refractivity contribution < 1.29 is 32.2 Å². The molecular formula is C29H38F3NO4. The molecule has 5 nitrogen and oxygen atoms in total. The molecule has 204 valence electrons. The third kappa shape index (κ3) is 14.5. The minimum absolute atomic E-state index is 0.140. The van der Waals surface area contributed by atoms with Gasteiger partial charge in [-0.3, -0.25) is 4.79 Å². The maximum absolute atomic E-state index is 12.0. The van der Waals surface area contributed by atoms with Crippen LogP contribution in [0.4, 0.5) is 13.2 Å². The zero-order chi connectivity index (χ0) is 26.8. The number of rotatable bonds is 18. The van der Waals surface area contributed by atoms with Crippen LogP contribution < -0.4 is 10.1 Å². The Morgan fingerprint density at radius 2 is 1.38 bits per heavy atom. The van der Waals surface area contributed by atoms with Crippen LogP contribution in [0, 0.1) is 0 Å². The van der Waals surface area contributed by atoms with Crippen LogP contribution in [0.15, 0.2) is 54.6 Å². The van der Waals surface area contributed by atoms with E-state index in [0.29, 0.717) is 13.2 Å². The average molecular weight is 522 g/mol. The quantitative estimate of drug-likeness (QED) is 0.136. The van der Waals surface area contributed by atoms with Gasteiger partial charge >= 0.3 is 18.1 Å².